The molecule has 8 aromatic rings. The zero-order valence-corrected chi connectivity index (χ0v) is 20.1. The van der Waals surface area contributed by atoms with Crippen molar-refractivity contribution in [2.75, 3.05) is 0 Å². The highest BCUT2D eigenvalue weighted by atomic mass is 16.3. The zero-order chi connectivity index (χ0) is 25.1. The smallest absolute Gasteiger partial charge is 0.167 e. The average molecular weight is 490 g/mol. The van der Waals surface area contributed by atoms with E-state index in [1.54, 1.807) is 0 Å². The summed E-state index contributed by atoms with van der Waals surface area (Å²) in [5, 5.41) is 4.20. The Hall–Kier alpha value is -5.29. The molecule has 0 radical (unpaired) electrons. The fourth-order valence-corrected chi connectivity index (χ4v) is 5.13. The van der Waals surface area contributed by atoms with E-state index in [-0.39, 0.29) is 0 Å². The van der Waals surface area contributed by atoms with Gasteiger partial charge in [0.1, 0.15) is 22.3 Å². The minimum atomic E-state index is 0.565. The number of hydrogen-bond donors (Lipinski definition) is 0. The molecule has 0 saturated heterocycles. The van der Waals surface area contributed by atoms with Gasteiger partial charge in [-0.15, -0.1) is 0 Å². The van der Waals surface area contributed by atoms with Gasteiger partial charge in [0, 0.05) is 32.7 Å². The monoisotopic (exact) mass is 489 g/mol. The SMILES string of the molecule is c1ccc(-c2nc(-c3ccc4oc5ccccc5c4c3)nc(-c3cccc4c3oc3ccccc34)n2)cc1. The van der Waals surface area contributed by atoms with Crippen LogP contribution in [-0.4, -0.2) is 15.0 Å². The molecule has 5 nitrogen and oxygen atoms in total. The average Bonchev–Trinajstić information content (AvgIpc) is 3.55. The highest BCUT2D eigenvalue weighted by Crippen LogP contribution is 2.36. The number of aromatic nitrogens is 3. The second-order valence-corrected chi connectivity index (χ2v) is 9.26. The summed E-state index contributed by atoms with van der Waals surface area (Å²) < 4.78 is 12.4. The van der Waals surface area contributed by atoms with E-state index >= 15 is 0 Å². The Balaban J connectivity index is 1.39. The standard InChI is InChI=1S/C33H19N3O2/c1-2-9-20(10-3-1)31-34-32(21-17-18-29-26(19-21)23-12-5-6-15-27(23)37-29)36-33(35-31)25-14-8-13-24-22-11-4-7-16-28(22)38-30(24)25/h1-19H. The highest BCUT2D eigenvalue weighted by molar-refractivity contribution is 6.09. The zero-order valence-electron chi connectivity index (χ0n) is 20.1. The van der Waals surface area contributed by atoms with Crippen LogP contribution >= 0.6 is 0 Å². The molecule has 3 aromatic heterocycles. The molecule has 0 unspecified atom stereocenters. The largest absolute Gasteiger partial charge is 0.456 e. The maximum atomic E-state index is 6.31. The van der Waals surface area contributed by atoms with Crippen molar-refractivity contribution in [1.82, 2.24) is 15.0 Å². The maximum Gasteiger partial charge on any atom is 0.167 e. The van der Waals surface area contributed by atoms with Crippen molar-refractivity contribution in [3.05, 3.63) is 115 Å². The predicted octanol–water partition coefficient (Wildman–Crippen LogP) is 8.67. The Morgan fingerprint density at radius 2 is 1.00 bits per heavy atom. The molecule has 0 atom stereocenters. The van der Waals surface area contributed by atoms with E-state index in [1.165, 1.54) is 0 Å². The molecule has 0 N–H and O–H groups in total. The third kappa shape index (κ3) is 3.22. The van der Waals surface area contributed by atoms with Crippen LogP contribution in [0, 0.1) is 0 Å². The maximum absolute atomic E-state index is 6.31. The Morgan fingerprint density at radius 1 is 0.395 bits per heavy atom. The molecule has 0 fully saturated rings. The van der Waals surface area contributed by atoms with E-state index in [2.05, 4.69) is 24.3 Å². The highest BCUT2D eigenvalue weighted by Gasteiger charge is 2.18. The van der Waals surface area contributed by atoms with E-state index in [0.717, 1.165) is 60.6 Å². The number of rotatable bonds is 3. The normalized spacial score (nSPS) is 11.7. The fourth-order valence-electron chi connectivity index (χ4n) is 5.13. The van der Waals surface area contributed by atoms with Crippen molar-refractivity contribution in [3.63, 3.8) is 0 Å². The van der Waals surface area contributed by atoms with Gasteiger partial charge in [0.05, 0.1) is 5.56 Å². The lowest BCUT2D eigenvalue weighted by atomic mass is 10.1. The molecular weight excluding hydrogens is 470 g/mol. The Kier molecular flexibility index (Phi) is 4.45. The molecule has 5 aromatic carbocycles. The van der Waals surface area contributed by atoms with Crippen LogP contribution in [0.4, 0.5) is 0 Å². The van der Waals surface area contributed by atoms with E-state index in [1.807, 2.05) is 91.0 Å². The van der Waals surface area contributed by atoms with Gasteiger partial charge in [0.25, 0.3) is 0 Å². The van der Waals surface area contributed by atoms with Crippen LogP contribution in [0.25, 0.3) is 78.0 Å². The molecule has 0 bridgehead atoms. The van der Waals surface area contributed by atoms with E-state index in [4.69, 9.17) is 23.8 Å². The van der Waals surface area contributed by atoms with Crippen molar-refractivity contribution in [1.29, 1.82) is 0 Å². The summed E-state index contributed by atoms with van der Waals surface area (Å²) in [7, 11) is 0. The Bertz CT molecular complexity index is 2140. The molecule has 8 rings (SSSR count). The molecular formula is C33H19N3O2. The van der Waals surface area contributed by atoms with Crippen LogP contribution in [0.3, 0.4) is 0 Å². The second kappa shape index (κ2) is 8.11. The first-order valence-electron chi connectivity index (χ1n) is 12.5. The first-order chi connectivity index (χ1) is 18.8. The minimum absolute atomic E-state index is 0.565. The van der Waals surface area contributed by atoms with Gasteiger partial charge in [-0.05, 0) is 36.4 Å². The van der Waals surface area contributed by atoms with Crippen LogP contribution in [0.15, 0.2) is 124 Å². The first kappa shape index (κ1) is 20.9. The summed E-state index contributed by atoms with van der Waals surface area (Å²) in [5.74, 6) is 1.76. The van der Waals surface area contributed by atoms with Gasteiger partial charge in [-0.25, -0.2) is 15.0 Å². The first-order valence-corrected chi connectivity index (χ1v) is 12.5. The molecule has 0 aliphatic carbocycles. The lowest BCUT2D eigenvalue weighted by Gasteiger charge is -2.09. The molecule has 0 saturated carbocycles. The molecule has 5 heteroatoms. The molecule has 3 heterocycles. The number of para-hydroxylation sites is 3. The van der Waals surface area contributed by atoms with Crippen molar-refractivity contribution >= 4 is 43.9 Å². The van der Waals surface area contributed by atoms with Crippen LogP contribution in [-0.2, 0) is 0 Å². The number of furan rings is 2. The topological polar surface area (TPSA) is 65.0 Å². The van der Waals surface area contributed by atoms with Crippen LogP contribution in [0.2, 0.25) is 0 Å². The number of benzene rings is 5. The minimum Gasteiger partial charge on any atom is -0.456 e. The molecule has 0 aliphatic heterocycles. The molecule has 38 heavy (non-hydrogen) atoms. The van der Waals surface area contributed by atoms with Crippen molar-refractivity contribution in [3.8, 4) is 34.2 Å². The van der Waals surface area contributed by atoms with Gasteiger partial charge < -0.3 is 8.83 Å². The third-order valence-electron chi connectivity index (χ3n) is 6.95. The van der Waals surface area contributed by atoms with E-state index < -0.39 is 0 Å². The fraction of sp³-hybridized carbons (Fsp3) is 0. The van der Waals surface area contributed by atoms with E-state index in [9.17, 15) is 0 Å². The van der Waals surface area contributed by atoms with Gasteiger partial charge in [-0.1, -0.05) is 78.9 Å². The van der Waals surface area contributed by atoms with Crippen LogP contribution < -0.4 is 0 Å². The van der Waals surface area contributed by atoms with Gasteiger partial charge in [-0.2, -0.15) is 0 Å². The Labute approximate surface area is 217 Å². The van der Waals surface area contributed by atoms with Crippen LogP contribution in [0.1, 0.15) is 0 Å². The van der Waals surface area contributed by atoms with Crippen LogP contribution in [0.5, 0.6) is 0 Å². The number of hydrogen-bond acceptors (Lipinski definition) is 5. The lowest BCUT2D eigenvalue weighted by Crippen LogP contribution is -2.00. The number of fused-ring (bicyclic) bond motifs is 6. The van der Waals surface area contributed by atoms with Gasteiger partial charge in [-0.3, -0.25) is 0 Å². The summed E-state index contributed by atoms with van der Waals surface area (Å²) in [6.45, 7) is 0. The quantitative estimate of drug-likeness (QED) is 0.248. The lowest BCUT2D eigenvalue weighted by molar-refractivity contribution is 0.669. The van der Waals surface area contributed by atoms with Crippen molar-refractivity contribution in [2.24, 2.45) is 0 Å². The second-order valence-electron chi connectivity index (χ2n) is 9.26. The summed E-state index contributed by atoms with van der Waals surface area (Å²) in [6.07, 6.45) is 0. The van der Waals surface area contributed by atoms with Crippen molar-refractivity contribution in [2.45, 2.75) is 0 Å². The third-order valence-corrected chi connectivity index (χ3v) is 6.95. The summed E-state index contributed by atoms with van der Waals surface area (Å²) in [6, 6.07) is 38.3. The summed E-state index contributed by atoms with van der Waals surface area (Å²) >= 11 is 0. The summed E-state index contributed by atoms with van der Waals surface area (Å²) in [5.41, 5.74) is 5.93. The van der Waals surface area contributed by atoms with Gasteiger partial charge in [0.2, 0.25) is 0 Å². The summed E-state index contributed by atoms with van der Waals surface area (Å²) in [4.78, 5) is 14.8. The number of nitrogens with zero attached hydrogens (tertiary/aromatic N) is 3. The molecule has 0 aliphatic rings. The molecule has 178 valence electrons. The van der Waals surface area contributed by atoms with Crippen molar-refractivity contribution < 1.29 is 8.83 Å². The molecule has 0 spiro atoms. The van der Waals surface area contributed by atoms with Gasteiger partial charge in [0.15, 0.2) is 17.5 Å². The predicted molar refractivity (Wildman–Crippen MR) is 151 cm³/mol. The molecule has 0 amide bonds. The van der Waals surface area contributed by atoms with Gasteiger partial charge >= 0.3 is 0 Å². The van der Waals surface area contributed by atoms with E-state index in [0.29, 0.717) is 17.5 Å². The Morgan fingerprint density at radius 3 is 1.82 bits per heavy atom.